The van der Waals surface area contributed by atoms with E-state index in [1.807, 2.05) is 0 Å². The standard InChI is InChI=1S/C20H26N2S/c1-3-4-5-6-16-13-19(18-11-12-23-20(18)21)22(14-16)17-9-7-15(2)8-10-17/h7-13,16H,3-6,14,21H2,1-2H3. The van der Waals surface area contributed by atoms with Crippen molar-refractivity contribution < 1.29 is 0 Å². The van der Waals surface area contributed by atoms with Crippen LogP contribution < -0.4 is 10.6 Å². The third kappa shape index (κ3) is 3.61. The number of anilines is 2. The zero-order valence-electron chi connectivity index (χ0n) is 14.1. The van der Waals surface area contributed by atoms with Crippen LogP contribution in [-0.4, -0.2) is 6.54 Å². The Morgan fingerprint density at radius 1 is 1.17 bits per heavy atom. The molecule has 1 unspecified atom stereocenters. The van der Waals surface area contributed by atoms with Gasteiger partial charge in [-0.05, 0) is 42.8 Å². The SMILES string of the molecule is CCCCCC1C=C(c2ccsc2N)N(c2ccc(C)cc2)C1. The fraction of sp³-hybridized carbons (Fsp3) is 0.400. The zero-order chi connectivity index (χ0) is 16.2. The van der Waals surface area contributed by atoms with E-state index in [4.69, 9.17) is 5.73 Å². The molecule has 3 rings (SSSR count). The van der Waals surface area contributed by atoms with Crippen LogP contribution in [0.2, 0.25) is 0 Å². The van der Waals surface area contributed by atoms with Crippen molar-refractivity contribution in [2.24, 2.45) is 5.92 Å². The molecule has 0 bridgehead atoms. The van der Waals surface area contributed by atoms with Gasteiger partial charge in [0.2, 0.25) is 0 Å². The van der Waals surface area contributed by atoms with Gasteiger partial charge in [0.05, 0.1) is 5.00 Å². The topological polar surface area (TPSA) is 29.3 Å². The Balaban J connectivity index is 1.86. The molecule has 0 saturated carbocycles. The molecule has 2 nitrogen and oxygen atoms in total. The van der Waals surface area contributed by atoms with Crippen LogP contribution in [0.5, 0.6) is 0 Å². The van der Waals surface area contributed by atoms with Crippen LogP contribution in [0.25, 0.3) is 5.70 Å². The van der Waals surface area contributed by atoms with Crippen molar-refractivity contribution in [1.82, 2.24) is 0 Å². The second-order valence-corrected chi connectivity index (χ2v) is 7.40. The van der Waals surface area contributed by atoms with E-state index in [1.165, 1.54) is 48.2 Å². The normalized spacial score (nSPS) is 17.6. The highest BCUT2D eigenvalue weighted by Gasteiger charge is 2.26. The summed E-state index contributed by atoms with van der Waals surface area (Å²) in [5.41, 5.74) is 11.2. The lowest BCUT2D eigenvalue weighted by Crippen LogP contribution is -2.21. The van der Waals surface area contributed by atoms with Gasteiger partial charge in [0.25, 0.3) is 0 Å². The Morgan fingerprint density at radius 2 is 1.96 bits per heavy atom. The van der Waals surface area contributed by atoms with Gasteiger partial charge in [-0.2, -0.15) is 0 Å². The smallest absolute Gasteiger partial charge is 0.0951 e. The predicted molar refractivity (Wildman–Crippen MR) is 103 cm³/mol. The molecule has 2 heterocycles. The molecule has 0 aliphatic carbocycles. The minimum absolute atomic E-state index is 0.622. The number of nitrogens with zero attached hydrogens (tertiary/aromatic N) is 1. The van der Waals surface area contributed by atoms with E-state index in [0.29, 0.717) is 5.92 Å². The molecule has 3 heteroatoms. The molecule has 0 amide bonds. The Kier molecular flexibility index (Phi) is 5.06. The first-order valence-electron chi connectivity index (χ1n) is 8.58. The van der Waals surface area contributed by atoms with Gasteiger partial charge in [-0.25, -0.2) is 0 Å². The van der Waals surface area contributed by atoms with E-state index in [0.717, 1.165) is 11.5 Å². The summed E-state index contributed by atoms with van der Waals surface area (Å²) >= 11 is 1.62. The molecule has 0 fully saturated rings. The number of unbranched alkanes of at least 4 members (excludes halogenated alkanes) is 2. The van der Waals surface area contributed by atoms with Gasteiger partial charge in [0.15, 0.2) is 0 Å². The maximum atomic E-state index is 6.20. The van der Waals surface area contributed by atoms with Crippen LogP contribution in [-0.2, 0) is 0 Å². The first-order chi connectivity index (χ1) is 11.2. The van der Waals surface area contributed by atoms with Crippen molar-refractivity contribution in [3.63, 3.8) is 0 Å². The van der Waals surface area contributed by atoms with Crippen LogP contribution in [0.15, 0.2) is 41.8 Å². The summed E-state index contributed by atoms with van der Waals surface area (Å²) in [5.74, 6) is 0.622. The van der Waals surface area contributed by atoms with Crippen LogP contribution in [0.3, 0.4) is 0 Å². The first kappa shape index (κ1) is 16.1. The van der Waals surface area contributed by atoms with Gasteiger partial charge in [-0.3, -0.25) is 0 Å². The summed E-state index contributed by atoms with van der Waals surface area (Å²) in [7, 11) is 0. The number of hydrogen-bond donors (Lipinski definition) is 1. The average molecular weight is 327 g/mol. The van der Waals surface area contributed by atoms with Crippen molar-refractivity contribution in [2.45, 2.75) is 39.5 Å². The lowest BCUT2D eigenvalue weighted by atomic mass is 10.0. The minimum Gasteiger partial charge on any atom is -0.390 e. The fourth-order valence-corrected chi connectivity index (χ4v) is 3.92. The number of nitrogen functional groups attached to an aromatic ring is 1. The Bertz CT molecular complexity index is 669. The number of aryl methyl sites for hydroxylation is 1. The lowest BCUT2D eigenvalue weighted by Gasteiger charge is -2.24. The minimum atomic E-state index is 0.622. The second kappa shape index (κ2) is 7.22. The molecule has 0 spiro atoms. The first-order valence-corrected chi connectivity index (χ1v) is 9.46. The monoisotopic (exact) mass is 326 g/mol. The maximum absolute atomic E-state index is 6.20. The molecule has 0 saturated heterocycles. The van der Waals surface area contributed by atoms with Crippen LogP contribution in [0, 0.1) is 12.8 Å². The van der Waals surface area contributed by atoms with Gasteiger partial charge < -0.3 is 10.6 Å². The van der Waals surface area contributed by atoms with Crippen LogP contribution in [0.1, 0.15) is 43.7 Å². The van der Waals surface area contributed by atoms with E-state index >= 15 is 0 Å². The second-order valence-electron chi connectivity index (χ2n) is 6.45. The van der Waals surface area contributed by atoms with E-state index in [-0.39, 0.29) is 0 Å². The van der Waals surface area contributed by atoms with E-state index in [1.54, 1.807) is 11.3 Å². The third-order valence-electron chi connectivity index (χ3n) is 4.60. The highest BCUT2D eigenvalue weighted by Crippen LogP contribution is 2.39. The molecule has 1 atom stereocenters. The van der Waals surface area contributed by atoms with Crippen molar-refractivity contribution in [1.29, 1.82) is 0 Å². The number of thiophene rings is 1. The molecule has 2 aromatic rings. The summed E-state index contributed by atoms with van der Waals surface area (Å²) in [6, 6.07) is 11.0. The summed E-state index contributed by atoms with van der Waals surface area (Å²) in [5, 5.41) is 3.01. The Morgan fingerprint density at radius 3 is 2.61 bits per heavy atom. The fourth-order valence-electron chi connectivity index (χ4n) is 3.27. The quantitative estimate of drug-likeness (QED) is 0.690. The predicted octanol–water partition coefficient (Wildman–Crippen LogP) is 5.70. The summed E-state index contributed by atoms with van der Waals surface area (Å²) < 4.78 is 0. The Labute approximate surface area is 143 Å². The molecule has 1 aliphatic heterocycles. The van der Waals surface area contributed by atoms with Crippen molar-refractivity contribution in [2.75, 3.05) is 17.2 Å². The molecule has 23 heavy (non-hydrogen) atoms. The van der Waals surface area contributed by atoms with Gasteiger partial charge >= 0.3 is 0 Å². The lowest BCUT2D eigenvalue weighted by molar-refractivity contribution is 0.560. The molecular formula is C20H26N2S. The average Bonchev–Trinajstić information content (AvgIpc) is 3.14. The van der Waals surface area contributed by atoms with Crippen molar-refractivity contribution >= 4 is 27.7 Å². The van der Waals surface area contributed by atoms with Gasteiger partial charge in [0, 0.05) is 23.5 Å². The molecule has 0 radical (unpaired) electrons. The molecule has 1 aromatic carbocycles. The number of nitrogens with two attached hydrogens (primary N) is 1. The van der Waals surface area contributed by atoms with Crippen molar-refractivity contribution in [3.8, 4) is 0 Å². The van der Waals surface area contributed by atoms with E-state index in [2.05, 4.69) is 60.5 Å². The maximum Gasteiger partial charge on any atom is 0.0951 e. The third-order valence-corrected chi connectivity index (χ3v) is 5.34. The molecule has 122 valence electrons. The largest absolute Gasteiger partial charge is 0.390 e. The summed E-state index contributed by atoms with van der Waals surface area (Å²) in [6.45, 7) is 5.47. The summed E-state index contributed by atoms with van der Waals surface area (Å²) in [6.07, 6.45) is 7.62. The molecule has 1 aromatic heterocycles. The van der Waals surface area contributed by atoms with Gasteiger partial charge in [-0.1, -0.05) is 50.0 Å². The van der Waals surface area contributed by atoms with Crippen molar-refractivity contribution in [3.05, 3.63) is 52.9 Å². The summed E-state index contributed by atoms with van der Waals surface area (Å²) in [4.78, 5) is 2.44. The Hall–Kier alpha value is -1.74. The van der Waals surface area contributed by atoms with E-state index < -0.39 is 0 Å². The van der Waals surface area contributed by atoms with Gasteiger partial charge in [-0.15, -0.1) is 11.3 Å². The highest BCUT2D eigenvalue weighted by molar-refractivity contribution is 7.14. The van der Waals surface area contributed by atoms with E-state index in [9.17, 15) is 0 Å². The van der Waals surface area contributed by atoms with Gasteiger partial charge in [0.1, 0.15) is 0 Å². The highest BCUT2D eigenvalue weighted by atomic mass is 32.1. The number of hydrogen-bond acceptors (Lipinski definition) is 3. The molecule has 1 aliphatic rings. The van der Waals surface area contributed by atoms with Crippen LogP contribution >= 0.6 is 11.3 Å². The molecule has 2 N–H and O–H groups in total. The zero-order valence-corrected chi connectivity index (χ0v) is 14.9. The number of rotatable bonds is 6. The van der Waals surface area contributed by atoms with Crippen LogP contribution in [0.4, 0.5) is 10.7 Å². The molecular weight excluding hydrogens is 300 g/mol. The number of benzene rings is 1.